The Balaban J connectivity index is 2.55. The minimum atomic E-state index is -0.270. The molecule has 0 aliphatic rings. The second-order valence-electron chi connectivity index (χ2n) is 2.49. The van der Waals surface area contributed by atoms with Crippen LogP contribution in [-0.2, 0) is 0 Å². The third-order valence-electron chi connectivity index (χ3n) is 1.56. The lowest BCUT2D eigenvalue weighted by Gasteiger charge is -1.98. The topological polar surface area (TPSA) is 25.8 Å². The Hall–Kier alpha value is -0.0800. The van der Waals surface area contributed by atoms with E-state index in [2.05, 4.69) is 25.3 Å². The van der Waals surface area contributed by atoms with Crippen molar-refractivity contribution < 1.29 is 4.39 Å². The van der Waals surface area contributed by atoms with Crippen molar-refractivity contribution in [2.45, 2.75) is 0 Å². The predicted octanol–water partition coefficient (Wildman–Crippen LogP) is 3.71. The van der Waals surface area contributed by atoms with Gasteiger partial charge in [0.25, 0.3) is 0 Å². The highest BCUT2D eigenvalue weighted by atomic mass is 127. The van der Waals surface area contributed by atoms with E-state index >= 15 is 0 Å². The summed E-state index contributed by atoms with van der Waals surface area (Å²) in [5.74, 6) is -0.270. The summed E-state index contributed by atoms with van der Waals surface area (Å²) in [5.41, 5.74) is 0.741. The van der Waals surface area contributed by atoms with Gasteiger partial charge >= 0.3 is 0 Å². The van der Waals surface area contributed by atoms with Gasteiger partial charge < -0.3 is 0 Å². The Morgan fingerprint density at radius 2 is 2.21 bits per heavy atom. The maximum atomic E-state index is 13.0. The van der Waals surface area contributed by atoms with E-state index in [1.54, 1.807) is 6.07 Å². The van der Waals surface area contributed by atoms with Crippen LogP contribution in [-0.4, -0.2) is 9.36 Å². The number of aromatic nitrogens is 2. The van der Waals surface area contributed by atoms with Crippen LogP contribution < -0.4 is 0 Å². The summed E-state index contributed by atoms with van der Waals surface area (Å²) in [7, 11) is 0. The lowest BCUT2D eigenvalue weighted by Crippen LogP contribution is -1.81. The van der Waals surface area contributed by atoms with E-state index in [0.717, 1.165) is 15.0 Å². The first-order valence-electron chi connectivity index (χ1n) is 3.61. The Labute approximate surface area is 106 Å². The molecule has 0 saturated carbocycles. The number of rotatable bonds is 1. The predicted molar refractivity (Wildman–Crippen MR) is 65.7 cm³/mol. The molecule has 0 amide bonds. The zero-order valence-electron chi connectivity index (χ0n) is 6.67. The molecule has 0 atom stereocenters. The van der Waals surface area contributed by atoms with Crippen LogP contribution in [0.4, 0.5) is 4.39 Å². The highest BCUT2D eigenvalue weighted by Crippen LogP contribution is 2.30. The minimum Gasteiger partial charge on any atom is -0.210 e. The highest BCUT2D eigenvalue weighted by molar-refractivity contribution is 14.1. The fourth-order valence-electron chi connectivity index (χ4n) is 0.976. The molecule has 6 heteroatoms. The maximum Gasteiger partial charge on any atom is 0.203 e. The van der Waals surface area contributed by atoms with E-state index < -0.39 is 0 Å². The van der Waals surface area contributed by atoms with Gasteiger partial charge in [0, 0.05) is 32.6 Å². The van der Waals surface area contributed by atoms with Crippen molar-refractivity contribution in [3.63, 3.8) is 0 Å². The van der Waals surface area contributed by atoms with Gasteiger partial charge in [-0.3, -0.25) is 0 Å². The Kier molecular flexibility index (Phi) is 3.13. The molecule has 0 N–H and O–H groups in total. The summed E-state index contributed by atoms with van der Waals surface area (Å²) >= 11 is 6.63. The summed E-state index contributed by atoms with van der Waals surface area (Å²) in [5, 5.41) is 0.723. The number of hydrogen-bond donors (Lipinski definition) is 0. The Bertz CT molecular complexity index is 474. The first kappa shape index (κ1) is 10.4. The number of benzene rings is 1. The van der Waals surface area contributed by atoms with Crippen molar-refractivity contribution in [1.29, 1.82) is 0 Å². The molecular weight excluding hydrogens is 382 g/mol. The van der Waals surface area contributed by atoms with Gasteiger partial charge in [0.05, 0.1) is 0 Å². The molecule has 2 nitrogen and oxygen atoms in total. The summed E-state index contributed by atoms with van der Waals surface area (Å²) in [4.78, 5) is 4.18. The van der Waals surface area contributed by atoms with Crippen LogP contribution in [0.25, 0.3) is 10.6 Å². The van der Waals surface area contributed by atoms with Gasteiger partial charge in [0.2, 0.25) is 3.83 Å². The van der Waals surface area contributed by atoms with E-state index in [1.165, 1.54) is 23.7 Å². The molecule has 14 heavy (non-hydrogen) atoms. The normalized spacial score (nSPS) is 10.5. The van der Waals surface area contributed by atoms with Crippen molar-refractivity contribution in [3.8, 4) is 10.6 Å². The van der Waals surface area contributed by atoms with Gasteiger partial charge in [-0.05, 0) is 29.7 Å². The zero-order valence-corrected chi connectivity index (χ0v) is 11.2. The van der Waals surface area contributed by atoms with Gasteiger partial charge in [-0.1, -0.05) is 15.9 Å². The van der Waals surface area contributed by atoms with E-state index in [4.69, 9.17) is 0 Å². The molecule has 0 aliphatic carbocycles. The molecule has 0 saturated heterocycles. The van der Waals surface area contributed by atoms with Crippen LogP contribution in [0.15, 0.2) is 22.7 Å². The van der Waals surface area contributed by atoms with E-state index in [-0.39, 0.29) is 5.82 Å². The van der Waals surface area contributed by atoms with E-state index in [1.807, 2.05) is 22.6 Å². The summed E-state index contributed by atoms with van der Waals surface area (Å²) in [6, 6.07) is 4.51. The average Bonchev–Trinajstić information content (AvgIpc) is 2.56. The molecule has 0 unspecified atom stereocenters. The fourth-order valence-corrected chi connectivity index (χ4v) is 2.84. The van der Waals surface area contributed by atoms with E-state index in [0.29, 0.717) is 3.83 Å². The van der Waals surface area contributed by atoms with Crippen LogP contribution in [0, 0.1) is 9.65 Å². The SMILES string of the molecule is Fc1ccc(Br)c(-c2nc(I)ns2)c1. The molecule has 1 heterocycles. The van der Waals surface area contributed by atoms with Crippen molar-refractivity contribution >= 4 is 50.1 Å². The molecule has 0 radical (unpaired) electrons. The molecule has 0 bridgehead atoms. The molecular formula is C8H3BrFIN2S. The Morgan fingerprint density at radius 3 is 2.86 bits per heavy atom. The first-order chi connectivity index (χ1) is 6.66. The smallest absolute Gasteiger partial charge is 0.203 e. The first-order valence-corrected chi connectivity index (χ1v) is 6.26. The lowest BCUT2D eigenvalue weighted by molar-refractivity contribution is 0.628. The zero-order chi connectivity index (χ0) is 10.1. The van der Waals surface area contributed by atoms with E-state index in [9.17, 15) is 4.39 Å². The van der Waals surface area contributed by atoms with Crippen LogP contribution in [0.2, 0.25) is 0 Å². The van der Waals surface area contributed by atoms with Crippen molar-refractivity contribution in [1.82, 2.24) is 9.36 Å². The largest absolute Gasteiger partial charge is 0.210 e. The molecule has 0 spiro atoms. The number of hydrogen-bond acceptors (Lipinski definition) is 3. The van der Waals surface area contributed by atoms with Crippen molar-refractivity contribution in [2.75, 3.05) is 0 Å². The van der Waals surface area contributed by atoms with Crippen LogP contribution in [0.5, 0.6) is 0 Å². The van der Waals surface area contributed by atoms with Crippen LogP contribution in [0.3, 0.4) is 0 Å². The second kappa shape index (κ2) is 4.19. The molecule has 72 valence electrons. The third-order valence-corrected chi connectivity index (χ3v) is 3.81. The van der Waals surface area contributed by atoms with Crippen molar-refractivity contribution in [3.05, 3.63) is 32.3 Å². The fraction of sp³-hybridized carbons (Fsp3) is 0. The molecule has 2 rings (SSSR count). The third kappa shape index (κ3) is 2.12. The average molecular weight is 385 g/mol. The Morgan fingerprint density at radius 1 is 1.43 bits per heavy atom. The maximum absolute atomic E-state index is 13.0. The number of nitrogens with zero attached hydrogens (tertiary/aromatic N) is 2. The van der Waals surface area contributed by atoms with Crippen LogP contribution >= 0.6 is 50.1 Å². The highest BCUT2D eigenvalue weighted by Gasteiger charge is 2.09. The van der Waals surface area contributed by atoms with Crippen LogP contribution in [0.1, 0.15) is 0 Å². The second-order valence-corrected chi connectivity index (χ2v) is 5.06. The summed E-state index contributed by atoms with van der Waals surface area (Å²) < 4.78 is 18.5. The van der Waals surface area contributed by atoms with Gasteiger partial charge in [0.15, 0.2) is 0 Å². The minimum absolute atomic E-state index is 0.270. The van der Waals surface area contributed by atoms with Gasteiger partial charge in [-0.15, -0.1) is 0 Å². The standard InChI is InChI=1S/C8H3BrFIN2S/c9-6-2-1-4(10)3-5(6)7-12-8(11)13-14-7/h1-3H. The quantitative estimate of drug-likeness (QED) is 0.700. The molecule has 1 aromatic heterocycles. The number of halogens is 3. The molecule has 2 aromatic rings. The monoisotopic (exact) mass is 384 g/mol. The van der Waals surface area contributed by atoms with Gasteiger partial charge in [-0.25, -0.2) is 9.37 Å². The molecule has 0 fully saturated rings. The van der Waals surface area contributed by atoms with Gasteiger partial charge in [-0.2, -0.15) is 4.37 Å². The van der Waals surface area contributed by atoms with Gasteiger partial charge in [0.1, 0.15) is 10.8 Å². The summed E-state index contributed by atoms with van der Waals surface area (Å²) in [6.45, 7) is 0. The molecule has 1 aromatic carbocycles. The van der Waals surface area contributed by atoms with Crippen molar-refractivity contribution in [2.24, 2.45) is 0 Å². The molecule has 0 aliphatic heterocycles. The summed E-state index contributed by atoms with van der Waals surface area (Å²) in [6.07, 6.45) is 0. The lowest BCUT2D eigenvalue weighted by atomic mass is 10.2.